The Balaban J connectivity index is 2.86. The molecule has 6 heteroatoms. The number of anilines is 1. The predicted molar refractivity (Wildman–Crippen MR) is 72.4 cm³/mol. The number of nitrogens with one attached hydrogen (secondary N) is 1. The quantitative estimate of drug-likeness (QED) is 0.832. The molecule has 0 fully saturated rings. The third kappa shape index (κ3) is 3.82. The number of esters is 1. The fourth-order valence-electron chi connectivity index (χ4n) is 1.20. The molecule has 1 amide bonds. The maximum absolute atomic E-state index is 11.5. The summed E-state index contributed by atoms with van der Waals surface area (Å²) in [4.78, 5) is 22.9. The van der Waals surface area contributed by atoms with Crippen molar-refractivity contribution >= 4 is 33.5 Å². The van der Waals surface area contributed by atoms with Crippen molar-refractivity contribution in [3.63, 3.8) is 0 Å². The molecule has 0 unspecified atom stereocenters. The summed E-state index contributed by atoms with van der Waals surface area (Å²) in [7, 11) is 0. The number of ether oxygens (including phenoxy) is 1. The Hall–Kier alpha value is -1.40. The first-order valence-corrected chi connectivity index (χ1v) is 6.28. The van der Waals surface area contributed by atoms with E-state index in [1.807, 2.05) is 0 Å². The Bertz CT molecular complexity index is 461. The maximum Gasteiger partial charge on any atom is 0.338 e. The van der Waals surface area contributed by atoms with Gasteiger partial charge in [0.05, 0.1) is 23.9 Å². The van der Waals surface area contributed by atoms with Gasteiger partial charge < -0.3 is 15.8 Å². The van der Waals surface area contributed by atoms with Crippen LogP contribution in [-0.4, -0.2) is 24.5 Å². The van der Waals surface area contributed by atoms with Gasteiger partial charge in [0.25, 0.3) is 0 Å². The second kappa shape index (κ2) is 6.51. The minimum Gasteiger partial charge on any atom is -0.462 e. The summed E-state index contributed by atoms with van der Waals surface area (Å²) >= 11 is 3.28. The van der Waals surface area contributed by atoms with Crippen LogP contribution in [0.5, 0.6) is 0 Å². The molecule has 0 saturated heterocycles. The van der Waals surface area contributed by atoms with E-state index in [1.165, 1.54) is 0 Å². The Labute approximate surface area is 114 Å². The van der Waals surface area contributed by atoms with Crippen LogP contribution in [0.3, 0.4) is 0 Å². The van der Waals surface area contributed by atoms with Crippen molar-refractivity contribution in [1.82, 2.24) is 0 Å². The molecule has 0 spiro atoms. The van der Waals surface area contributed by atoms with Crippen LogP contribution in [0.2, 0.25) is 0 Å². The lowest BCUT2D eigenvalue weighted by Gasteiger charge is -2.10. The SMILES string of the molecule is CCOC(=O)c1ccc(NC(=O)[C@H](C)N)c(Br)c1. The molecule has 1 atom stereocenters. The van der Waals surface area contributed by atoms with E-state index in [1.54, 1.807) is 32.0 Å². The Morgan fingerprint density at radius 2 is 2.17 bits per heavy atom. The summed E-state index contributed by atoms with van der Waals surface area (Å²) in [5, 5.41) is 2.64. The van der Waals surface area contributed by atoms with Crippen LogP contribution in [-0.2, 0) is 9.53 Å². The van der Waals surface area contributed by atoms with Crippen LogP contribution in [0.1, 0.15) is 24.2 Å². The highest BCUT2D eigenvalue weighted by Crippen LogP contribution is 2.24. The molecule has 1 rings (SSSR count). The molecular weight excluding hydrogens is 300 g/mol. The third-order valence-electron chi connectivity index (χ3n) is 2.15. The second-order valence-corrected chi connectivity index (χ2v) is 4.55. The minimum atomic E-state index is -0.596. The molecule has 98 valence electrons. The Kier molecular flexibility index (Phi) is 5.30. The van der Waals surface area contributed by atoms with E-state index in [9.17, 15) is 9.59 Å². The number of hydrogen-bond acceptors (Lipinski definition) is 4. The molecule has 0 aliphatic carbocycles. The van der Waals surface area contributed by atoms with Gasteiger partial charge in [0.2, 0.25) is 5.91 Å². The summed E-state index contributed by atoms with van der Waals surface area (Å²) in [6.45, 7) is 3.65. The summed E-state index contributed by atoms with van der Waals surface area (Å²) in [6, 6.07) is 4.20. The monoisotopic (exact) mass is 314 g/mol. The van der Waals surface area contributed by atoms with Crippen LogP contribution in [0.25, 0.3) is 0 Å². The van der Waals surface area contributed by atoms with Crippen LogP contribution in [0.15, 0.2) is 22.7 Å². The van der Waals surface area contributed by atoms with Crippen molar-refractivity contribution in [2.75, 3.05) is 11.9 Å². The standard InChI is InChI=1S/C12H15BrN2O3/c1-3-18-12(17)8-4-5-10(9(13)6-8)15-11(16)7(2)14/h4-7H,3,14H2,1-2H3,(H,15,16)/t7-/m0/s1. The summed E-state index contributed by atoms with van der Waals surface area (Å²) in [5.74, 6) is -0.692. The zero-order valence-electron chi connectivity index (χ0n) is 10.2. The molecule has 5 nitrogen and oxygen atoms in total. The largest absolute Gasteiger partial charge is 0.462 e. The zero-order valence-corrected chi connectivity index (χ0v) is 11.8. The van der Waals surface area contributed by atoms with Gasteiger partial charge in [-0.25, -0.2) is 4.79 Å². The lowest BCUT2D eigenvalue weighted by Crippen LogP contribution is -2.32. The average molecular weight is 315 g/mol. The van der Waals surface area contributed by atoms with Crippen LogP contribution in [0.4, 0.5) is 5.69 Å². The van der Waals surface area contributed by atoms with Gasteiger partial charge in [-0.3, -0.25) is 4.79 Å². The van der Waals surface area contributed by atoms with E-state index >= 15 is 0 Å². The summed E-state index contributed by atoms with van der Waals surface area (Å²) < 4.78 is 5.47. The molecular formula is C12H15BrN2O3. The molecule has 3 N–H and O–H groups in total. The molecule has 0 aliphatic heterocycles. The molecule has 0 saturated carbocycles. The van der Waals surface area contributed by atoms with Gasteiger partial charge in [-0.2, -0.15) is 0 Å². The van der Waals surface area contributed by atoms with Gasteiger partial charge in [-0.05, 0) is 48.0 Å². The van der Waals surface area contributed by atoms with Gasteiger partial charge in [-0.15, -0.1) is 0 Å². The van der Waals surface area contributed by atoms with Crippen LogP contribution in [0, 0.1) is 0 Å². The van der Waals surface area contributed by atoms with Crippen molar-refractivity contribution in [1.29, 1.82) is 0 Å². The number of carbonyl (C=O) groups excluding carboxylic acids is 2. The first kappa shape index (κ1) is 14.7. The van der Waals surface area contributed by atoms with Crippen molar-refractivity contribution in [2.24, 2.45) is 5.73 Å². The van der Waals surface area contributed by atoms with E-state index in [0.29, 0.717) is 22.3 Å². The molecule has 0 aliphatic rings. The number of amides is 1. The molecule has 0 heterocycles. The number of rotatable bonds is 4. The van der Waals surface area contributed by atoms with Crippen molar-refractivity contribution in [3.05, 3.63) is 28.2 Å². The fourth-order valence-corrected chi connectivity index (χ4v) is 1.68. The highest BCUT2D eigenvalue weighted by Gasteiger charge is 2.12. The van der Waals surface area contributed by atoms with E-state index in [-0.39, 0.29) is 5.91 Å². The number of hydrogen-bond donors (Lipinski definition) is 2. The highest BCUT2D eigenvalue weighted by molar-refractivity contribution is 9.10. The van der Waals surface area contributed by atoms with Crippen molar-refractivity contribution in [3.8, 4) is 0 Å². The fraction of sp³-hybridized carbons (Fsp3) is 0.333. The van der Waals surface area contributed by atoms with Gasteiger partial charge in [0.15, 0.2) is 0 Å². The predicted octanol–water partition coefficient (Wildman–Crippen LogP) is 1.91. The van der Waals surface area contributed by atoms with Crippen molar-refractivity contribution in [2.45, 2.75) is 19.9 Å². The van der Waals surface area contributed by atoms with E-state index in [0.717, 1.165) is 0 Å². The molecule has 0 bridgehead atoms. The zero-order chi connectivity index (χ0) is 13.7. The van der Waals surface area contributed by atoms with Crippen LogP contribution < -0.4 is 11.1 Å². The highest BCUT2D eigenvalue weighted by atomic mass is 79.9. The lowest BCUT2D eigenvalue weighted by molar-refractivity contribution is -0.117. The molecule has 18 heavy (non-hydrogen) atoms. The van der Waals surface area contributed by atoms with Crippen molar-refractivity contribution < 1.29 is 14.3 Å². The smallest absolute Gasteiger partial charge is 0.338 e. The van der Waals surface area contributed by atoms with E-state index in [2.05, 4.69) is 21.2 Å². The number of halogens is 1. The van der Waals surface area contributed by atoms with E-state index in [4.69, 9.17) is 10.5 Å². The molecule has 1 aromatic rings. The number of benzene rings is 1. The third-order valence-corrected chi connectivity index (χ3v) is 2.81. The summed E-state index contributed by atoms with van der Waals surface area (Å²) in [5.41, 5.74) is 6.43. The molecule has 0 radical (unpaired) electrons. The Morgan fingerprint density at radius 3 is 2.67 bits per heavy atom. The molecule has 1 aromatic carbocycles. The average Bonchev–Trinajstić information content (AvgIpc) is 2.31. The number of carbonyl (C=O) groups is 2. The Morgan fingerprint density at radius 1 is 1.50 bits per heavy atom. The topological polar surface area (TPSA) is 81.4 Å². The molecule has 0 aromatic heterocycles. The van der Waals surface area contributed by atoms with E-state index < -0.39 is 12.0 Å². The van der Waals surface area contributed by atoms with Gasteiger partial charge in [0.1, 0.15) is 0 Å². The maximum atomic E-state index is 11.5. The summed E-state index contributed by atoms with van der Waals surface area (Å²) in [6.07, 6.45) is 0. The van der Waals surface area contributed by atoms with Crippen LogP contribution >= 0.6 is 15.9 Å². The second-order valence-electron chi connectivity index (χ2n) is 3.69. The minimum absolute atomic E-state index is 0.292. The normalized spacial score (nSPS) is 11.8. The van der Waals surface area contributed by atoms with Gasteiger partial charge in [-0.1, -0.05) is 0 Å². The lowest BCUT2D eigenvalue weighted by atomic mass is 10.2. The van der Waals surface area contributed by atoms with Gasteiger partial charge >= 0.3 is 5.97 Å². The first-order chi connectivity index (χ1) is 8.45. The number of nitrogens with two attached hydrogens (primary N) is 1. The van der Waals surface area contributed by atoms with Gasteiger partial charge in [0, 0.05) is 4.47 Å². The first-order valence-electron chi connectivity index (χ1n) is 5.48.